The highest BCUT2D eigenvalue weighted by molar-refractivity contribution is 5.20. The van der Waals surface area contributed by atoms with Gasteiger partial charge in [-0.05, 0) is 31.7 Å². The summed E-state index contributed by atoms with van der Waals surface area (Å²) in [5, 5.41) is 0. The van der Waals surface area contributed by atoms with Crippen LogP contribution in [0.3, 0.4) is 0 Å². The minimum atomic E-state index is 0.0131. The summed E-state index contributed by atoms with van der Waals surface area (Å²) in [5.41, 5.74) is 6.82. The van der Waals surface area contributed by atoms with Crippen LogP contribution in [0.1, 0.15) is 44.2 Å². The van der Waals surface area contributed by atoms with E-state index in [-0.39, 0.29) is 12.1 Å². The molecule has 2 N–H and O–H groups in total. The molecule has 0 bridgehead atoms. The standard InChI is InChI=1S/C14H22N2O2/c1-10(15)11-6-7-14(16-9-11)18-13-5-3-4-12(8-13)17-2/h6-7,9-10,12-13H,3-5,8,15H2,1-2H3/t10-,12?,13?/m0/s1. The number of nitrogens with zero attached hydrogens (tertiary/aromatic N) is 1. The largest absolute Gasteiger partial charge is 0.474 e. The second-order valence-corrected chi connectivity index (χ2v) is 4.98. The first-order chi connectivity index (χ1) is 8.69. The van der Waals surface area contributed by atoms with E-state index in [1.807, 2.05) is 19.1 Å². The van der Waals surface area contributed by atoms with Crippen molar-refractivity contribution in [2.24, 2.45) is 5.73 Å². The maximum absolute atomic E-state index is 5.89. The molecule has 0 aliphatic heterocycles. The lowest BCUT2D eigenvalue weighted by Gasteiger charge is -2.28. The molecule has 3 atom stereocenters. The molecule has 1 heterocycles. The van der Waals surface area contributed by atoms with Gasteiger partial charge in [-0.15, -0.1) is 0 Å². The molecular formula is C14H22N2O2. The van der Waals surface area contributed by atoms with Crippen LogP contribution in [-0.2, 0) is 4.74 Å². The van der Waals surface area contributed by atoms with Crippen molar-refractivity contribution in [2.45, 2.75) is 50.9 Å². The van der Waals surface area contributed by atoms with E-state index >= 15 is 0 Å². The van der Waals surface area contributed by atoms with Crippen molar-refractivity contribution in [2.75, 3.05) is 7.11 Å². The lowest BCUT2D eigenvalue weighted by molar-refractivity contribution is 0.0195. The molecule has 0 aromatic carbocycles. The molecule has 0 radical (unpaired) electrons. The van der Waals surface area contributed by atoms with Crippen LogP contribution in [0.15, 0.2) is 18.3 Å². The van der Waals surface area contributed by atoms with E-state index < -0.39 is 0 Å². The summed E-state index contributed by atoms with van der Waals surface area (Å²) in [5.74, 6) is 0.682. The molecule has 2 rings (SSSR count). The van der Waals surface area contributed by atoms with Gasteiger partial charge in [0.2, 0.25) is 5.88 Å². The van der Waals surface area contributed by atoms with Gasteiger partial charge in [0.15, 0.2) is 0 Å². The van der Waals surface area contributed by atoms with Gasteiger partial charge in [-0.25, -0.2) is 4.98 Å². The van der Waals surface area contributed by atoms with Crippen LogP contribution in [0.5, 0.6) is 5.88 Å². The van der Waals surface area contributed by atoms with Gasteiger partial charge in [-0.1, -0.05) is 6.07 Å². The SMILES string of the molecule is COC1CCCC(Oc2ccc([C@H](C)N)cn2)C1. The lowest BCUT2D eigenvalue weighted by atomic mass is 9.95. The Kier molecular flexibility index (Phi) is 4.55. The molecule has 1 aromatic heterocycles. The first kappa shape index (κ1) is 13.3. The Morgan fingerprint density at radius 1 is 1.33 bits per heavy atom. The number of hydrogen-bond acceptors (Lipinski definition) is 4. The molecule has 0 saturated heterocycles. The summed E-state index contributed by atoms with van der Waals surface area (Å²) in [6.45, 7) is 1.95. The molecule has 1 fully saturated rings. The van der Waals surface area contributed by atoms with Crippen molar-refractivity contribution in [3.05, 3.63) is 23.9 Å². The smallest absolute Gasteiger partial charge is 0.213 e. The van der Waals surface area contributed by atoms with Crippen LogP contribution in [-0.4, -0.2) is 24.3 Å². The zero-order valence-corrected chi connectivity index (χ0v) is 11.1. The Hall–Kier alpha value is -1.13. The molecule has 2 unspecified atom stereocenters. The molecule has 1 aliphatic carbocycles. The Balaban J connectivity index is 1.92. The van der Waals surface area contributed by atoms with E-state index in [0.717, 1.165) is 31.2 Å². The number of hydrogen-bond donors (Lipinski definition) is 1. The first-order valence-corrected chi connectivity index (χ1v) is 6.60. The summed E-state index contributed by atoms with van der Waals surface area (Å²) in [4.78, 5) is 4.30. The van der Waals surface area contributed by atoms with Crippen LogP contribution in [0.25, 0.3) is 0 Å². The van der Waals surface area contributed by atoms with Crippen molar-refractivity contribution < 1.29 is 9.47 Å². The third-order valence-corrected chi connectivity index (χ3v) is 3.48. The van der Waals surface area contributed by atoms with E-state index in [2.05, 4.69) is 4.98 Å². The van der Waals surface area contributed by atoms with E-state index in [0.29, 0.717) is 12.0 Å². The van der Waals surface area contributed by atoms with Gasteiger partial charge in [0, 0.05) is 31.8 Å². The number of nitrogens with two attached hydrogens (primary N) is 1. The summed E-state index contributed by atoms with van der Waals surface area (Å²) >= 11 is 0. The van der Waals surface area contributed by atoms with Gasteiger partial charge in [0.25, 0.3) is 0 Å². The second kappa shape index (κ2) is 6.16. The van der Waals surface area contributed by atoms with Gasteiger partial charge in [0.1, 0.15) is 6.10 Å². The number of ether oxygens (including phenoxy) is 2. The molecule has 4 heteroatoms. The van der Waals surface area contributed by atoms with Crippen molar-refractivity contribution >= 4 is 0 Å². The number of methoxy groups -OCH3 is 1. The Labute approximate surface area is 108 Å². The topological polar surface area (TPSA) is 57.4 Å². The van der Waals surface area contributed by atoms with E-state index in [1.165, 1.54) is 0 Å². The van der Waals surface area contributed by atoms with Crippen LogP contribution in [0.4, 0.5) is 0 Å². The molecule has 4 nitrogen and oxygen atoms in total. The third-order valence-electron chi connectivity index (χ3n) is 3.48. The lowest BCUT2D eigenvalue weighted by Crippen LogP contribution is -2.29. The van der Waals surface area contributed by atoms with Gasteiger partial charge in [0.05, 0.1) is 6.10 Å². The van der Waals surface area contributed by atoms with E-state index in [1.54, 1.807) is 13.3 Å². The molecule has 18 heavy (non-hydrogen) atoms. The highest BCUT2D eigenvalue weighted by Crippen LogP contribution is 2.24. The third kappa shape index (κ3) is 3.43. The number of aromatic nitrogens is 1. The van der Waals surface area contributed by atoms with Crippen molar-refractivity contribution in [3.8, 4) is 5.88 Å². The molecule has 0 amide bonds. The zero-order chi connectivity index (χ0) is 13.0. The zero-order valence-electron chi connectivity index (χ0n) is 11.1. The monoisotopic (exact) mass is 250 g/mol. The fourth-order valence-electron chi connectivity index (χ4n) is 2.32. The Bertz CT molecular complexity index is 365. The Morgan fingerprint density at radius 2 is 2.11 bits per heavy atom. The molecular weight excluding hydrogens is 228 g/mol. The molecule has 0 spiro atoms. The predicted molar refractivity (Wildman–Crippen MR) is 70.5 cm³/mol. The highest BCUT2D eigenvalue weighted by atomic mass is 16.5. The average Bonchev–Trinajstić information content (AvgIpc) is 2.39. The summed E-state index contributed by atoms with van der Waals surface area (Å²) in [6.07, 6.45) is 6.65. The molecule has 100 valence electrons. The second-order valence-electron chi connectivity index (χ2n) is 4.98. The van der Waals surface area contributed by atoms with Gasteiger partial charge in [-0.3, -0.25) is 0 Å². The van der Waals surface area contributed by atoms with Crippen LogP contribution < -0.4 is 10.5 Å². The van der Waals surface area contributed by atoms with Crippen molar-refractivity contribution in [1.29, 1.82) is 0 Å². The fraction of sp³-hybridized carbons (Fsp3) is 0.643. The van der Waals surface area contributed by atoms with Gasteiger partial charge in [-0.2, -0.15) is 0 Å². The minimum Gasteiger partial charge on any atom is -0.474 e. The van der Waals surface area contributed by atoms with E-state index in [4.69, 9.17) is 15.2 Å². The van der Waals surface area contributed by atoms with Crippen molar-refractivity contribution in [1.82, 2.24) is 4.98 Å². The molecule has 1 saturated carbocycles. The van der Waals surface area contributed by atoms with Crippen LogP contribution in [0.2, 0.25) is 0 Å². The number of pyridine rings is 1. The van der Waals surface area contributed by atoms with Crippen molar-refractivity contribution in [3.63, 3.8) is 0 Å². The maximum atomic E-state index is 5.89. The summed E-state index contributed by atoms with van der Waals surface area (Å²) < 4.78 is 11.3. The summed E-state index contributed by atoms with van der Waals surface area (Å²) in [7, 11) is 1.77. The molecule has 1 aliphatic rings. The first-order valence-electron chi connectivity index (χ1n) is 6.60. The fourth-order valence-corrected chi connectivity index (χ4v) is 2.32. The van der Waals surface area contributed by atoms with E-state index in [9.17, 15) is 0 Å². The van der Waals surface area contributed by atoms with Gasteiger partial charge < -0.3 is 15.2 Å². The number of rotatable bonds is 4. The summed E-state index contributed by atoms with van der Waals surface area (Å²) in [6, 6.07) is 3.89. The van der Waals surface area contributed by atoms with Gasteiger partial charge >= 0.3 is 0 Å². The molecule has 1 aromatic rings. The highest BCUT2D eigenvalue weighted by Gasteiger charge is 2.23. The quantitative estimate of drug-likeness (QED) is 0.891. The predicted octanol–water partition coefficient (Wildman–Crippen LogP) is 2.44. The van der Waals surface area contributed by atoms with Crippen LogP contribution >= 0.6 is 0 Å². The Morgan fingerprint density at radius 3 is 2.72 bits per heavy atom. The minimum absolute atomic E-state index is 0.0131. The average molecular weight is 250 g/mol. The normalized spacial score (nSPS) is 25.7. The maximum Gasteiger partial charge on any atom is 0.213 e. The van der Waals surface area contributed by atoms with Crippen LogP contribution in [0, 0.1) is 0 Å².